The van der Waals surface area contributed by atoms with Gasteiger partial charge in [-0.15, -0.1) is 0 Å². The molecule has 2 aromatic carbocycles. The predicted octanol–water partition coefficient (Wildman–Crippen LogP) is 5.20. The molecular formula is C25H22F3N3O2. The molecule has 4 aromatic rings. The SMILES string of the molecule is Cc1cc2cc(N(CCc3ccc(C(F)(F)F)nc3)C(=O)[C@@H](O)c3ccccc3)ccc2[nH]1. The standard InChI is InChI=1S/C25H22F3N3O2/c1-16-13-19-14-20(8-9-21(19)30-16)31(24(33)23(32)18-5-3-2-4-6-18)12-11-17-7-10-22(29-15-17)25(26,27)28/h2-10,13-15,23,30,32H,11-12H2,1H3/t23-/m0/s1. The van der Waals surface area contributed by atoms with E-state index in [1.165, 1.54) is 11.0 Å². The van der Waals surface area contributed by atoms with Gasteiger partial charge >= 0.3 is 6.18 Å². The first-order chi connectivity index (χ1) is 15.7. The summed E-state index contributed by atoms with van der Waals surface area (Å²) >= 11 is 0. The number of aromatic nitrogens is 2. The van der Waals surface area contributed by atoms with Crippen LogP contribution in [0, 0.1) is 6.92 Å². The Bertz CT molecular complexity index is 1250. The zero-order chi connectivity index (χ0) is 23.6. The molecule has 0 saturated carbocycles. The number of aryl methyl sites for hydroxylation is 1. The average Bonchev–Trinajstić information content (AvgIpc) is 3.18. The number of hydrogen-bond acceptors (Lipinski definition) is 3. The second-order valence-corrected chi connectivity index (χ2v) is 7.83. The van der Waals surface area contributed by atoms with Crippen molar-refractivity contribution in [2.45, 2.75) is 25.6 Å². The number of aromatic amines is 1. The average molecular weight is 453 g/mol. The molecule has 0 saturated heterocycles. The van der Waals surface area contributed by atoms with E-state index >= 15 is 0 Å². The van der Waals surface area contributed by atoms with Crippen LogP contribution in [0.2, 0.25) is 0 Å². The predicted molar refractivity (Wildman–Crippen MR) is 120 cm³/mol. The van der Waals surface area contributed by atoms with Crippen molar-refractivity contribution in [2.75, 3.05) is 11.4 Å². The third-order valence-electron chi connectivity index (χ3n) is 5.41. The van der Waals surface area contributed by atoms with E-state index in [0.29, 0.717) is 16.8 Å². The van der Waals surface area contributed by atoms with Crippen LogP contribution in [0.4, 0.5) is 18.9 Å². The van der Waals surface area contributed by atoms with Crippen molar-refractivity contribution in [1.29, 1.82) is 0 Å². The normalized spacial score (nSPS) is 12.6. The van der Waals surface area contributed by atoms with Crippen LogP contribution in [-0.4, -0.2) is 27.5 Å². The van der Waals surface area contributed by atoms with Crippen LogP contribution < -0.4 is 4.90 Å². The molecule has 2 N–H and O–H groups in total. The Balaban J connectivity index is 1.62. The number of pyridine rings is 1. The van der Waals surface area contributed by atoms with Crippen molar-refractivity contribution in [3.63, 3.8) is 0 Å². The fraction of sp³-hybridized carbons (Fsp3) is 0.200. The lowest BCUT2D eigenvalue weighted by molar-refractivity contribution is -0.141. The highest BCUT2D eigenvalue weighted by Gasteiger charge is 2.32. The third-order valence-corrected chi connectivity index (χ3v) is 5.41. The number of fused-ring (bicyclic) bond motifs is 1. The maximum Gasteiger partial charge on any atom is 0.433 e. The van der Waals surface area contributed by atoms with Crippen molar-refractivity contribution in [3.05, 3.63) is 95.4 Å². The molecule has 0 aliphatic heterocycles. The van der Waals surface area contributed by atoms with Crippen molar-refractivity contribution in [2.24, 2.45) is 0 Å². The molecule has 1 amide bonds. The van der Waals surface area contributed by atoms with Gasteiger partial charge in [0, 0.05) is 35.0 Å². The number of hydrogen-bond donors (Lipinski definition) is 2. The number of aliphatic hydroxyl groups excluding tert-OH is 1. The van der Waals surface area contributed by atoms with Gasteiger partial charge < -0.3 is 15.0 Å². The molecule has 0 radical (unpaired) electrons. The lowest BCUT2D eigenvalue weighted by Crippen LogP contribution is -2.37. The summed E-state index contributed by atoms with van der Waals surface area (Å²) in [5, 5.41) is 11.6. The zero-order valence-electron chi connectivity index (χ0n) is 17.8. The van der Waals surface area contributed by atoms with E-state index in [-0.39, 0.29) is 13.0 Å². The van der Waals surface area contributed by atoms with E-state index in [1.807, 2.05) is 25.1 Å². The minimum Gasteiger partial charge on any atom is -0.378 e. The van der Waals surface area contributed by atoms with Crippen LogP contribution in [0.25, 0.3) is 10.9 Å². The molecule has 5 nitrogen and oxygen atoms in total. The summed E-state index contributed by atoms with van der Waals surface area (Å²) < 4.78 is 38.4. The lowest BCUT2D eigenvalue weighted by Gasteiger charge is -2.26. The van der Waals surface area contributed by atoms with Gasteiger partial charge in [-0.2, -0.15) is 13.2 Å². The number of rotatable bonds is 6. The molecule has 0 spiro atoms. The Hall–Kier alpha value is -3.65. The monoisotopic (exact) mass is 453 g/mol. The number of carbonyl (C=O) groups is 1. The first-order valence-electron chi connectivity index (χ1n) is 10.4. The molecule has 0 aliphatic carbocycles. The molecule has 4 rings (SSSR count). The van der Waals surface area contributed by atoms with Gasteiger partial charge in [0.15, 0.2) is 6.10 Å². The molecule has 1 atom stereocenters. The molecule has 0 aliphatic rings. The zero-order valence-corrected chi connectivity index (χ0v) is 17.8. The number of carbonyl (C=O) groups excluding carboxylic acids is 1. The van der Waals surface area contributed by atoms with Gasteiger partial charge in [-0.1, -0.05) is 36.4 Å². The van der Waals surface area contributed by atoms with Gasteiger partial charge in [-0.05, 0) is 54.8 Å². The number of amides is 1. The van der Waals surface area contributed by atoms with Crippen LogP contribution in [0.5, 0.6) is 0 Å². The first kappa shape index (κ1) is 22.5. The molecule has 0 unspecified atom stereocenters. The van der Waals surface area contributed by atoms with Gasteiger partial charge in [0.25, 0.3) is 5.91 Å². The number of benzene rings is 2. The second kappa shape index (κ2) is 9.07. The Morgan fingerprint density at radius 3 is 2.52 bits per heavy atom. The quantitative estimate of drug-likeness (QED) is 0.422. The van der Waals surface area contributed by atoms with Crippen LogP contribution in [0.15, 0.2) is 72.9 Å². The third kappa shape index (κ3) is 5.06. The number of nitrogens with one attached hydrogen (secondary N) is 1. The summed E-state index contributed by atoms with van der Waals surface area (Å²) in [5.41, 5.74) is 2.52. The second-order valence-electron chi connectivity index (χ2n) is 7.83. The van der Waals surface area contributed by atoms with Crippen molar-refractivity contribution in [3.8, 4) is 0 Å². The number of aliphatic hydroxyl groups is 1. The van der Waals surface area contributed by atoms with Gasteiger partial charge in [-0.25, -0.2) is 0 Å². The molecule has 2 heterocycles. The van der Waals surface area contributed by atoms with Gasteiger partial charge in [0.1, 0.15) is 5.69 Å². The number of nitrogens with zero attached hydrogens (tertiary/aromatic N) is 2. The molecule has 33 heavy (non-hydrogen) atoms. The summed E-state index contributed by atoms with van der Waals surface area (Å²) in [5.74, 6) is -0.521. The van der Waals surface area contributed by atoms with E-state index in [4.69, 9.17) is 0 Å². The molecule has 8 heteroatoms. The van der Waals surface area contributed by atoms with Crippen LogP contribution in [0.1, 0.15) is 28.6 Å². The lowest BCUT2D eigenvalue weighted by atomic mass is 10.1. The summed E-state index contributed by atoms with van der Waals surface area (Å²) in [6, 6.07) is 18.3. The Morgan fingerprint density at radius 1 is 1.09 bits per heavy atom. The number of H-pyrrole nitrogens is 1. The van der Waals surface area contributed by atoms with E-state index in [9.17, 15) is 23.1 Å². The summed E-state index contributed by atoms with van der Waals surface area (Å²) in [7, 11) is 0. The van der Waals surface area contributed by atoms with Gasteiger partial charge in [0.2, 0.25) is 0 Å². The number of alkyl halides is 3. The smallest absolute Gasteiger partial charge is 0.378 e. The van der Waals surface area contributed by atoms with E-state index in [1.54, 1.807) is 36.4 Å². The Kier molecular flexibility index (Phi) is 6.20. The first-order valence-corrected chi connectivity index (χ1v) is 10.4. The topological polar surface area (TPSA) is 69.2 Å². The maximum absolute atomic E-state index is 13.3. The summed E-state index contributed by atoms with van der Waals surface area (Å²) in [4.78, 5) is 21.5. The van der Waals surface area contributed by atoms with Gasteiger partial charge in [0.05, 0.1) is 0 Å². The van der Waals surface area contributed by atoms with Gasteiger partial charge in [-0.3, -0.25) is 9.78 Å². The number of anilines is 1. The number of halogens is 3. The molecular weight excluding hydrogens is 431 g/mol. The molecule has 0 bridgehead atoms. The highest BCUT2D eigenvalue weighted by molar-refractivity contribution is 5.99. The fourth-order valence-electron chi connectivity index (χ4n) is 3.71. The maximum atomic E-state index is 13.3. The minimum absolute atomic E-state index is 0.157. The summed E-state index contributed by atoms with van der Waals surface area (Å²) in [6.07, 6.45) is -4.45. The Labute approximate surface area is 188 Å². The highest BCUT2D eigenvalue weighted by Crippen LogP contribution is 2.28. The van der Waals surface area contributed by atoms with Crippen molar-refractivity contribution in [1.82, 2.24) is 9.97 Å². The minimum atomic E-state index is -4.51. The van der Waals surface area contributed by atoms with Crippen LogP contribution in [0.3, 0.4) is 0 Å². The van der Waals surface area contributed by atoms with E-state index in [0.717, 1.165) is 28.9 Å². The Morgan fingerprint density at radius 2 is 1.85 bits per heavy atom. The van der Waals surface area contributed by atoms with Crippen molar-refractivity contribution >= 4 is 22.5 Å². The molecule has 2 aromatic heterocycles. The van der Waals surface area contributed by atoms with Crippen molar-refractivity contribution < 1.29 is 23.1 Å². The largest absolute Gasteiger partial charge is 0.433 e. The highest BCUT2D eigenvalue weighted by atomic mass is 19.4. The van der Waals surface area contributed by atoms with E-state index < -0.39 is 23.9 Å². The molecule has 170 valence electrons. The fourth-order valence-corrected chi connectivity index (χ4v) is 3.71. The van der Waals surface area contributed by atoms with Crippen LogP contribution >= 0.6 is 0 Å². The van der Waals surface area contributed by atoms with E-state index in [2.05, 4.69) is 9.97 Å². The molecule has 0 fully saturated rings. The van der Waals surface area contributed by atoms with Crippen LogP contribution in [-0.2, 0) is 17.4 Å². The summed E-state index contributed by atoms with van der Waals surface area (Å²) in [6.45, 7) is 2.09.